The lowest BCUT2D eigenvalue weighted by molar-refractivity contribution is 0.0699. The van der Waals surface area contributed by atoms with Gasteiger partial charge in [0, 0.05) is 16.3 Å². The summed E-state index contributed by atoms with van der Waals surface area (Å²) in [5, 5.41) is 20.3. The molecule has 5 heteroatoms. The third-order valence-corrected chi connectivity index (χ3v) is 4.54. The van der Waals surface area contributed by atoms with Crippen LogP contribution in [0.25, 0.3) is 33.3 Å². The highest BCUT2D eigenvalue weighted by Gasteiger charge is 2.19. The van der Waals surface area contributed by atoms with E-state index in [4.69, 9.17) is 9.68 Å². The molecule has 126 valence electrons. The van der Waals surface area contributed by atoms with Crippen LogP contribution in [0.15, 0.2) is 46.9 Å². The smallest absolute Gasteiger partial charge is 0.336 e. The fraction of sp³-hybridized carbons (Fsp3) is 0.0952. The zero-order valence-electron chi connectivity index (χ0n) is 14.2. The molecule has 0 radical (unpaired) electrons. The Morgan fingerprint density at radius 3 is 2.62 bits per heavy atom. The van der Waals surface area contributed by atoms with Crippen molar-refractivity contribution >= 4 is 27.8 Å². The molecule has 0 aliphatic carbocycles. The van der Waals surface area contributed by atoms with Gasteiger partial charge < -0.3 is 9.52 Å². The number of fused-ring (bicyclic) bond motifs is 2. The van der Waals surface area contributed by atoms with Crippen molar-refractivity contribution in [3.63, 3.8) is 0 Å². The van der Waals surface area contributed by atoms with Crippen LogP contribution < -0.4 is 0 Å². The zero-order chi connectivity index (χ0) is 18.4. The summed E-state index contributed by atoms with van der Waals surface area (Å²) in [6, 6.07) is 14.5. The number of para-hydroxylation sites is 1. The van der Waals surface area contributed by atoms with E-state index in [9.17, 15) is 9.90 Å². The lowest BCUT2D eigenvalue weighted by Gasteiger charge is -2.09. The van der Waals surface area contributed by atoms with Gasteiger partial charge in [-0.15, -0.1) is 0 Å². The molecule has 26 heavy (non-hydrogen) atoms. The summed E-state index contributed by atoms with van der Waals surface area (Å²) in [6.07, 6.45) is 0. The lowest BCUT2D eigenvalue weighted by atomic mass is 10.0. The second-order valence-electron chi connectivity index (χ2n) is 6.21. The number of carboxylic acid groups (broad SMARTS) is 1. The summed E-state index contributed by atoms with van der Waals surface area (Å²) in [5.74, 6) is -0.513. The molecule has 2 aromatic heterocycles. The standard InChI is InChI=1S/C21H14N2O3/c1-11-7-13(10-22)8-15-16(21(24)25)9-17(23-19(11)15)20-12(2)14-5-3-4-6-18(14)26-20/h3-9H,1-2H3,(H,24,25). The molecule has 0 aliphatic heterocycles. The van der Waals surface area contributed by atoms with Crippen LogP contribution in [0, 0.1) is 25.2 Å². The van der Waals surface area contributed by atoms with Gasteiger partial charge in [0.2, 0.25) is 0 Å². The largest absolute Gasteiger partial charge is 0.478 e. The van der Waals surface area contributed by atoms with E-state index < -0.39 is 5.97 Å². The maximum Gasteiger partial charge on any atom is 0.336 e. The number of aromatic nitrogens is 1. The van der Waals surface area contributed by atoms with E-state index in [1.807, 2.05) is 38.1 Å². The van der Waals surface area contributed by atoms with Gasteiger partial charge >= 0.3 is 5.97 Å². The average molecular weight is 342 g/mol. The first-order valence-corrected chi connectivity index (χ1v) is 8.07. The molecular weight excluding hydrogens is 328 g/mol. The fourth-order valence-corrected chi connectivity index (χ4v) is 3.28. The highest BCUT2D eigenvalue weighted by Crippen LogP contribution is 2.34. The molecule has 4 aromatic rings. The van der Waals surface area contributed by atoms with Crippen LogP contribution in [0.1, 0.15) is 27.0 Å². The predicted molar refractivity (Wildman–Crippen MR) is 98.1 cm³/mol. The molecule has 0 amide bonds. The Bertz CT molecular complexity index is 1250. The summed E-state index contributed by atoms with van der Waals surface area (Å²) in [7, 11) is 0. The number of carbonyl (C=O) groups is 1. The Kier molecular flexibility index (Phi) is 3.48. The minimum atomic E-state index is -1.07. The van der Waals surface area contributed by atoms with Gasteiger partial charge in [-0.05, 0) is 43.7 Å². The van der Waals surface area contributed by atoms with Gasteiger partial charge in [0.05, 0.1) is 22.7 Å². The molecule has 0 spiro atoms. The molecule has 0 saturated heterocycles. The Labute approximate surface area is 149 Å². The van der Waals surface area contributed by atoms with Crippen LogP contribution in [0.3, 0.4) is 0 Å². The SMILES string of the molecule is Cc1c(-c2cc(C(=O)O)c3cc(C#N)cc(C)c3n2)oc2ccccc12. The van der Waals surface area contributed by atoms with Gasteiger partial charge in [-0.25, -0.2) is 9.78 Å². The average Bonchev–Trinajstić information content (AvgIpc) is 2.98. The van der Waals surface area contributed by atoms with Gasteiger partial charge in [0.25, 0.3) is 0 Å². The first-order chi connectivity index (χ1) is 12.5. The van der Waals surface area contributed by atoms with Crippen LogP contribution in [-0.2, 0) is 0 Å². The number of nitriles is 1. The van der Waals surface area contributed by atoms with E-state index in [-0.39, 0.29) is 5.56 Å². The molecular formula is C21H14N2O3. The molecule has 5 nitrogen and oxygen atoms in total. The summed E-state index contributed by atoms with van der Waals surface area (Å²) < 4.78 is 5.95. The lowest BCUT2D eigenvalue weighted by Crippen LogP contribution is -2.02. The molecule has 2 aromatic carbocycles. The maximum atomic E-state index is 11.8. The van der Waals surface area contributed by atoms with Crippen molar-refractivity contribution in [1.29, 1.82) is 5.26 Å². The summed E-state index contributed by atoms with van der Waals surface area (Å²) >= 11 is 0. The van der Waals surface area contributed by atoms with E-state index in [1.54, 1.807) is 12.1 Å². The monoisotopic (exact) mass is 342 g/mol. The summed E-state index contributed by atoms with van der Waals surface area (Å²) in [6.45, 7) is 3.75. The quantitative estimate of drug-likeness (QED) is 0.563. The molecule has 0 unspecified atom stereocenters. The first kappa shape index (κ1) is 15.9. The van der Waals surface area contributed by atoms with Gasteiger partial charge in [0.1, 0.15) is 11.3 Å². The number of benzene rings is 2. The van der Waals surface area contributed by atoms with E-state index in [1.165, 1.54) is 6.07 Å². The van der Waals surface area contributed by atoms with Gasteiger partial charge in [-0.3, -0.25) is 0 Å². The molecule has 0 fully saturated rings. The van der Waals surface area contributed by atoms with Crippen molar-refractivity contribution in [3.8, 4) is 17.5 Å². The number of rotatable bonds is 2. The Morgan fingerprint density at radius 1 is 1.15 bits per heavy atom. The number of carboxylic acids is 1. The Balaban J connectivity index is 2.08. The van der Waals surface area contributed by atoms with Crippen molar-refractivity contribution in [1.82, 2.24) is 4.98 Å². The molecule has 4 rings (SSSR count). The molecule has 2 heterocycles. The van der Waals surface area contributed by atoms with Crippen molar-refractivity contribution in [3.05, 3.63) is 64.7 Å². The number of hydrogen-bond donors (Lipinski definition) is 1. The predicted octanol–water partition coefficient (Wildman–Crippen LogP) is 4.83. The summed E-state index contributed by atoms with van der Waals surface area (Å²) in [4.78, 5) is 16.5. The molecule has 0 atom stereocenters. The number of nitrogens with zero attached hydrogens (tertiary/aromatic N) is 2. The van der Waals surface area contributed by atoms with E-state index in [0.29, 0.717) is 27.9 Å². The van der Waals surface area contributed by atoms with Gasteiger partial charge in [-0.1, -0.05) is 18.2 Å². The third-order valence-electron chi connectivity index (χ3n) is 4.54. The van der Waals surface area contributed by atoms with Crippen molar-refractivity contribution in [2.45, 2.75) is 13.8 Å². The number of aryl methyl sites for hydroxylation is 2. The van der Waals surface area contributed by atoms with E-state index in [0.717, 1.165) is 22.1 Å². The van der Waals surface area contributed by atoms with Crippen LogP contribution in [0.5, 0.6) is 0 Å². The number of furan rings is 1. The van der Waals surface area contributed by atoms with Gasteiger partial charge in [0.15, 0.2) is 5.76 Å². The van der Waals surface area contributed by atoms with Crippen molar-refractivity contribution in [2.24, 2.45) is 0 Å². The Morgan fingerprint density at radius 2 is 1.92 bits per heavy atom. The normalized spacial score (nSPS) is 11.0. The Hall–Kier alpha value is -3.65. The maximum absolute atomic E-state index is 11.8. The van der Waals surface area contributed by atoms with Crippen LogP contribution in [-0.4, -0.2) is 16.1 Å². The molecule has 0 saturated carbocycles. The number of pyridine rings is 1. The second-order valence-corrected chi connectivity index (χ2v) is 6.21. The first-order valence-electron chi connectivity index (χ1n) is 8.07. The minimum Gasteiger partial charge on any atom is -0.478 e. The molecule has 0 aliphatic rings. The topological polar surface area (TPSA) is 87.1 Å². The van der Waals surface area contributed by atoms with Crippen molar-refractivity contribution in [2.75, 3.05) is 0 Å². The number of aromatic carboxylic acids is 1. The third kappa shape index (κ3) is 2.32. The van der Waals surface area contributed by atoms with Crippen LogP contribution in [0.2, 0.25) is 0 Å². The number of hydrogen-bond acceptors (Lipinski definition) is 4. The highest BCUT2D eigenvalue weighted by atomic mass is 16.4. The summed E-state index contributed by atoms with van der Waals surface area (Å²) in [5.41, 5.74) is 3.93. The second kappa shape index (κ2) is 5.71. The minimum absolute atomic E-state index is 0.102. The van der Waals surface area contributed by atoms with E-state index >= 15 is 0 Å². The fourth-order valence-electron chi connectivity index (χ4n) is 3.28. The van der Waals surface area contributed by atoms with Gasteiger partial charge in [-0.2, -0.15) is 5.26 Å². The zero-order valence-corrected chi connectivity index (χ0v) is 14.2. The van der Waals surface area contributed by atoms with Crippen LogP contribution >= 0.6 is 0 Å². The van der Waals surface area contributed by atoms with Crippen molar-refractivity contribution < 1.29 is 14.3 Å². The molecule has 0 bridgehead atoms. The molecule has 1 N–H and O–H groups in total. The highest BCUT2D eigenvalue weighted by molar-refractivity contribution is 6.05. The van der Waals surface area contributed by atoms with Crippen LogP contribution in [0.4, 0.5) is 0 Å². The van der Waals surface area contributed by atoms with E-state index in [2.05, 4.69) is 11.1 Å².